The lowest BCUT2D eigenvalue weighted by molar-refractivity contribution is -0.137. The number of hydrogen-bond acceptors (Lipinski definition) is 5. The quantitative estimate of drug-likeness (QED) is 0.656. The van der Waals surface area contributed by atoms with Gasteiger partial charge in [-0.2, -0.15) is 0 Å². The Kier molecular flexibility index (Phi) is 5.43. The molecule has 0 aliphatic carbocycles. The van der Waals surface area contributed by atoms with Gasteiger partial charge in [-0.3, -0.25) is 4.79 Å². The molecule has 1 aromatic heterocycles. The van der Waals surface area contributed by atoms with Gasteiger partial charge in [-0.25, -0.2) is 4.98 Å². The van der Waals surface area contributed by atoms with Gasteiger partial charge in [-0.15, -0.1) is 0 Å². The molecule has 6 nitrogen and oxygen atoms in total. The Morgan fingerprint density at radius 3 is 2.85 bits per heavy atom. The van der Waals surface area contributed by atoms with Gasteiger partial charge in [-0.05, 0) is 42.0 Å². The highest BCUT2D eigenvalue weighted by Crippen LogP contribution is 2.29. The summed E-state index contributed by atoms with van der Waals surface area (Å²) in [4.78, 5) is 14.9. The molecule has 0 saturated carbocycles. The van der Waals surface area contributed by atoms with Crippen LogP contribution in [0.4, 0.5) is 0 Å². The van der Waals surface area contributed by atoms with Crippen LogP contribution in [0.2, 0.25) is 5.02 Å². The third kappa shape index (κ3) is 4.34. The van der Waals surface area contributed by atoms with Gasteiger partial charge < -0.3 is 19.0 Å². The summed E-state index contributed by atoms with van der Waals surface area (Å²) in [6, 6.07) is 10.6. The van der Waals surface area contributed by atoms with Crippen molar-refractivity contribution in [3.05, 3.63) is 52.9 Å². The van der Waals surface area contributed by atoms with Crippen LogP contribution in [-0.2, 0) is 4.79 Å². The van der Waals surface area contributed by atoms with E-state index in [4.69, 9.17) is 30.6 Å². The Morgan fingerprint density at radius 1 is 1.23 bits per heavy atom. The molecule has 0 bridgehead atoms. The lowest BCUT2D eigenvalue weighted by atomic mass is 10.2. The van der Waals surface area contributed by atoms with Crippen molar-refractivity contribution in [2.24, 2.45) is 0 Å². The first-order valence-corrected chi connectivity index (χ1v) is 8.20. The predicted molar refractivity (Wildman–Crippen MR) is 98.7 cm³/mol. The standard InChI is InChI=1S/C19H16ClNO5/c1-24-17-10-12(2-5-16(17)25-9-8-19(22)23)3-7-18-21-14-11-13(20)4-6-15(14)26-18/h2-7,10-11H,8-9H2,1H3,(H,22,23)/b7-3+. The van der Waals surface area contributed by atoms with E-state index in [-0.39, 0.29) is 13.0 Å². The third-order valence-electron chi connectivity index (χ3n) is 3.55. The lowest BCUT2D eigenvalue weighted by Crippen LogP contribution is -2.05. The maximum Gasteiger partial charge on any atom is 0.306 e. The molecule has 2 aromatic carbocycles. The van der Waals surface area contributed by atoms with Crippen molar-refractivity contribution >= 4 is 40.8 Å². The van der Waals surface area contributed by atoms with Crippen molar-refractivity contribution in [3.63, 3.8) is 0 Å². The highest BCUT2D eigenvalue weighted by Gasteiger charge is 2.07. The number of hydrogen-bond donors (Lipinski definition) is 1. The summed E-state index contributed by atoms with van der Waals surface area (Å²) in [7, 11) is 1.53. The zero-order chi connectivity index (χ0) is 18.5. The number of aromatic nitrogens is 1. The molecule has 1 N–H and O–H groups in total. The summed E-state index contributed by atoms with van der Waals surface area (Å²) in [5.41, 5.74) is 2.21. The van der Waals surface area contributed by atoms with Gasteiger partial charge in [-0.1, -0.05) is 17.7 Å². The summed E-state index contributed by atoms with van der Waals surface area (Å²) in [5.74, 6) is 0.551. The molecule has 0 aliphatic rings. The number of rotatable bonds is 7. The molecule has 134 valence electrons. The van der Waals surface area contributed by atoms with Gasteiger partial charge in [0.05, 0.1) is 20.1 Å². The Bertz CT molecular complexity index is 964. The van der Waals surface area contributed by atoms with E-state index in [0.29, 0.717) is 33.5 Å². The monoisotopic (exact) mass is 373 g/mol. The SMILES string of the molecule is COc1cc(/C=C/c2nc3cc(Cl)ccc3o2)ccc1OCCC(=O)O. The highest BCUT2D eigenvalue weighted by atomic mass is 35.5. The van der Waals surface area contributed by atoms with E-state index in [9.17, 15) is 4.79 Å². The lowest BCUT2D eigenvalue weighted by Gasteiger charge is -2.10. The normalized spacial score (nSPS) is 11.2. The summed E-state index contributed by atoms with van der Waals surface area (Å²) >= 11 is 5.94. The minimum atomic E-state index is -0.914. The van der Waals surface area contributed by atoms with Gasteiger partial charge in [0.2, 0.25) is 5.89 Å². The molecule has 0 aliphatic heterocycles. The summed E-state index contributed by atoms with van der Waals surface area (Å²) in [6.07, 6.45) is 3.50. The molecule has 0 fully saturated rings. The first-order chi connectivity index (χ1) is 12.5. The van der Waals surface area contributed by atoms with Crippen LogP contribution >= 0.6 is 11.6 Å². The van der Waals surface area contributed by atoms with Crippen LogP contribution in [0.1, 0.15) is 17.9 Å². The number of carboxylic acid groups (broad SMARTS) is 1. The number of fused-ring (bicyclic) bond motifs is 1. The van der Waals surface area contributed by atoms with Gasteiger partial charge in [0.25, 0.3) is 0 Å². The van der Waals surface area contributed by atoms with Crippen molar-refractivity contribution in [2.45, 2.75) is 6.42 Å². The van der Waals surface area contributed by atoms with Gasteiger partial charge in [0.15, 0.2) is 17.1 Å². The number of halogens is 1. The molecule has 1 heterocycles. The Hall–Kier alpha value is -2.99. The minimum absolute atomic E-state index is 0.0757. The number of aliphatic carboxylic acids is 1. The first kappa shape index (κ1) is 17.8. The zero-order valence-corrected chi connectivity index (χ0v) is 14.7. The van der Waals surface area contributed by atoms with Gasteiger partial charge >= 0.3 is 5.97 Å². The molecule has 0 unspecified atom stereocenters. The van der Waals surface area contributed by atoms with E-state index in [2.05, 4.69) is 4.98 Å². The number of nitrogens with zero attached hydrogens (tertiary/aromatic N) is 1. The van der Waals surface area contributed by atoms with Crippen LogP contribution < -0.4 is 9.47 Å². The number of methoxy groups -OCH3 is 1. The van der Waals surface area contributed by atoms with Crippen LogP contribution in [0, 0.1) is 0 Å². The van der Waals surface area contributed by atoms with Crippen LogP contribution in [-0.4, -0.2) is 29.8 Å². The van der Waals surface area contributed by atoms with E-state index in [1.807, 2.05) is 12.1 Å². The molecule has 3 aromatic rings. The van der Waals surface area contributed by atoms with Crippen molar-refractivity contribution in [3.8, 4) is 11.5 Å². The molecular formula is C19H16ClNO5. The predicted octanol–water partition coefficient (Wildman–Crippen LogP) is 4.51. The number of carbonyl (C=O) groups is 1. The highest BCUT2D eigenvalue weighted by molar-refractivity contribution is 6.31. The second-order valence-corrected chi connectivity index (χ2v) is 5.84. The average Bonchev–Trinajstić information content (AvgIpc) is 3.02. The van der Waals surface area contributed by atoms with Crippen molar-refractivity contribution < 1.29 is 23.8 Å². The van der Waals surface area contributed by atoms with Crippen LogP contribution in [0.25, 0.3) is 23.3 Å². The fourth-order valence-electron chi connectivity index (χ4n) is 2.31. The van der Waals surface area contributed by atoms with Crippen LogP contribution in [0.5, 0.6) is 11.5 Å². The zero-order valence-electron chi connectivity index (χ0n) is 13.9. The number of ether oxygens (including phenoxy) is 2. The molecule has 7 heteroatoms. The summed E-state index contributed by atoms with van der Waals surface area (Å²) in [6.45, 7) is 0.0757. The van der Waals surface area contributed by atoms with E-state index in [1.54, 1.807) is 36.4 Å². The summed E-state index contributed by atoms with van der Waals surface area (Å²) < 4.78 is 16.4. The van der Waals surface area contributed by atoms with Gasteiger partial charge in [0.1, 0.15) is 5.52 Å². The van der Waals surface area contributed by atoms with Crippen molar-refractivity contribution in [1.29, 1.82) is 0 Å². The first-order valence-electron chi connectivity index (χ1n) is 7.82. The minimum Gasteiger partial charge on any atom is -0.493 e. The molecule has 0 radical (unpaired) electrons. The van der Waals surface area contributed by atoms with E-state index >= 15 is 0 Å². The number of benzene rings is 2. The van der Waals surface area contributed by atoms with Crippen molar-refractivity contribution in [2.75, 3.05) is 13.7 Å². The molecule has 0 spiro atoms. The molecular weight excluding hydrogens is 358 g/mol. The Morgan fingerprint density at radius 2 is 2.08 bits per heavy atom. The maximum absolute atomic E-state index is 10.6. The van der Waals surface area contributed by atoms with E-state index in [0.717, 1.165) is 5.56 Å². The third-order valence-corrected chi connectivity index (χ3v) is 3.78. The Labute approximate surface area is 154 Å². The molecule has 0 atom stereocenters. The second-order valence-electron chi connectivity index (χ2n) is 5.40. The number of oxazole rings is 1. The van der Waals surface area contributed by atoms with Crippen molar-refractivity contribution in [1.82, 2.24) is 4.98 Å². The molecule has 26 heavy (non-hydrogen) atoms. The van der Waals surface area contributed by atoms with E-state index < -0.39 is 5.97 Å². The average molecular weight is 374 g/mol. The molecule has 3 rings (SSSR count). The maximum atomic E-state index is 10.6. The largest absolute Gasteiger partial charge is 0.493 e. The van der Waals surface area contributed by atoms with Crippen LogP contribution in [0.15, 0.2) is 40.8 Å². The smallest absolute Gasteiger partial charge is 0.306 e. The molecule has 0 amide bonds. The van der Waals surface area contributed by atoms with Gasteiger partial charge in [0, 0.05) is 11.1 Å². The van der Waals surface area contributed by atoms with Crippen LogP contribution in [0.3, 0.4) is 0 Å². The Balaban J connectivity index is 1.75. The fourth-order valence-corrected chi connectivity index (χ4v) is 2.48. The summed E-state index contributed by atoms with van der Waals surface area (Å²) in [5, 5.41) is 9.27. The fraction of sp³-hybridized carbons (Fsp3) is 0.158. The topological polar surface area (TPSA) is 81.8 Å². The van der Waals surface area contributed by atoms with E-state index in [1.165, 1.54) is 7.11 Å². The second kappa shape index (κ2) is 7.93. The number of carboxylic acids is 1. The molecule has 0 saturated heterocycles.